The fraction of sp³-hybridized carbons (Fsp3) is 0.583. The molecule has 1 aromatic rings. The molecule has 0 bridgehead atoms. The van der Waals surface area contributed by atoms with Crippen LogP contribution in [0.4, 0.5) is 0 Å². The Hall–Kier alpha value is -0.0800. The van der Waals surface area contributed by atoms with Gasteiger partial charge in [-0.1, -0.05) is 11.6 Å². The Bertz CT molecular complexity index is 408. The quantitative estimate of drug-likeness (QED) is 0.347. The highest BCUT2D eigenvalue weighted by molar-refractivity contribution is 14.0. The molecule has 0 atom stereocenters. The Balaban J connectivity index is 0.00000324. The SMILES string of the molecule is CN=C(NCCSC)N(C)Cc1cc(Cl)cn1C.I. The van der Waals surface area contributed by atoms with E-state index in [0.717, 1.165) is 35.5 Å². The number of nitrogens with one attached hydrogen (secondary N) is 1. The number of thioether (sulfide) groups is 1. The van der Waals surface area contributed by atoms with E-state index >= 15 is 0 Å². The van der Waals surface area contributed by atoms with Crippen molar-refractivity contribution in [3.63, 3.8) is 0 Å². The fourth-order valence-corrected chi connectivity index (χ4v) is 2.27. The first-order valence-electron chi connectivity index (χ1n) is 5.80. The van der Waals surface area contributed by atoms with Crippen molar-refractivity contribution in [2.45, 2.75) is 6.54 Å². The van der Waals surface area contributed by atoms with Crippen LogP contribution in [0, 0.1) is 0 Å². The second-order valence-electron chi connectivity index (χ2n) is 4.08. The van der Waals surface area contributed by atoms with Gasteiger partial charge in [-0.05, 0) is 12.3 Å². The average molecular weight is 417 g/mol. The van der Waals surface area contributed by atoms with Gasteiger partial charge >= 0.3 is 0 Å². The number of aromatic nitrogens is 1. The van der Waals surface area contributed by atoms with E-state index in [4.69, 9.17) is 11.6 Å². The first-order chi connectivity index (χ1) is 8.58. The summed E-state index contributed by atoms with van der Waals surface area (Å²) >= 11 is 7.80. The smallest absolute Gasteiger partial charge is 0.193 e. The number of aliphatic imine (C=N–C) groups is 1. The number of hydrogen-bond acceptors (Lipinski definition) is 2. The van der Waals surface area contributed by atoms with Crippen LogP contribution in [0.3, 0.4) is 0 Å². The van der Waals surface area contributed by atoms with E-state index in [0.29, 0.717) is 0 Å². The van der Waals surface area contributed by atoms with Crippen LogP contribution in [-0.2, 0) is 13.6 Å². The van der Waals surface area contributed by atoms with Crippen LogP contribution in [-0.4, -0.2) is 48.1 Å². The monoisotopic (exact) mass is 416 g/mol. The van der Waals surface area contributed by atoms with Crippen molar-refractivity contribution in [3.8, 4) is 0 Å². The zero-order chi connectivity index (χ0) is 13.5. The third-order valence-electron chi connectivity index (χ3n) is 2.64. The van der Waals surface area contributed by atoms with Gasteiger partial charge in [0.25, 0.3) is 0 Å². The number of hydrogen-bond donors (Lipinski definition) is 1. The number of nitrogens with zero attached hydrogens (tertiary/aromatic N) is 3. The highest BCUT2D eigenvalue weighted by atomic mass is 127. The molecule has 7 heteroatoms. The number of rotatable bonds is 5. The Morgan fingerprint density at radius 1 is 1.58 bits per heavy atom. The normalized spacial score (nSPS) is 11.1. The molecule has 110 valence electrons. The predicted octanol–water partition coefficient (Wildman–Crippen LogP) is 2.67. The second-order valence-corrected chi connectivity index (χ2v) is 5.51. The molecule has 0 amide bonds. The minimum atomic E-state index is 0. The molecule has 1 N–H and O–H groups in total. The van der Waals surface area contributed by atoms with Crippen LogP contribution >= 0.6 is 47.3 Å². The summed E-state index contributed by atoms with van der Waals surface area (Å²) in [6, 6.07) is 1.98. The molecule has 1 rings (SSSR count). The summed E-state index contributed by atoms with van der Waals surface area (Å²) in [7, 11) is 5.82. The van der Waals surface area contributed by atoms with Crippen molar-refractivity contribution in [2.24, 2.45) is 12.0 Å². The van der Waals surface area contributed by atoms with Crippen molar-refractivity contribution in [2.75, 3.05) is 32.6 Å². The highest BCUT2D eigenvalue weighted by Gasteiger charge is 2.09. The van der Waals surface area contributed by atoms with E-state index in [-0.39, 0.29) is 24.0 Å². The maximum atomic E-state index is 5.98. The van der Waals surface area contributed by atoms with E-state index in [1.54, 1.807) is 7.05 Å². The molecular weight excluding hydrogens is 395 g/mol. The van der Waals surface area contributed by atoms with Crippen molar-refractivity contribution in [1.29, 1.82) is 0 Å². The molecule has 0 unspecified atom stereocenters. The minimum Gasteiger partial charge on any atom is -0.355 e. The lowest BCUT2D eigenvalue weighted by molar-refractivity contribution is 0.464. The van der Waals surface area contributed by atoms with Gasteiger partial charge in [0, 0.05) is 45.3 Å². The lowest BCUT2D eigenvalue weighted by atomic mass is 10.4. The molecule has 0 fully saturated rings. The van der Waals surface area contributed by atoms with Crippen molar-refractivity contribution in [3.05, 3.63) is 23.0 Å². The zero-order valence-corrected chi connectivity index (χ0v) is 15.7. The van der Waals surface area contributed by atoms with Crippen LogP contribution in [0.25, 0.3) is 0 Å². The van der Waals surface area contributed by atoms with Gasteiger partial charge in [-0.15, -0.1) is 24.0 Å². The summed E-state index contributed by atoms with van der Waals surface area (Å²) in [5, 5.41) is 4.10. The summed E-state index contributed by atoms with van der Waals surface area (Å²) < 4.78 is 2.04. The van der Waals surface area contributed by atoms with E-state index < -0.39 is 0 Å². The fourth-order valence-electron chi connectivity index (χ4n) is 1.69. The van der Waals surface area contributed by atoms with Crippen LogP contribution in [0.1, 0.15) is 5.69 Å². The third-order valence-corrected chi connectivity index (χ3v) is 3.46. The molecule has 0 aromatic carbocycles. The first-order valence-corrected chi connectivity index (χ1v) is 7.57. The molecule has 19 heavy (non-hydrogen) atoms. The van der Waals surface area contributed by atoms with Crippen LogP contribution in [0.5, 0.6) is 0 Å². The number of guanidine groups is 1. The van der Waals surface area contributed by atoms with Gasteiger partial charge in [0.2, 0.25) is 0 Å². The molecular formula is C12H22ClIN4S. The highest BCUT2D eigenvalue weighted by Crippen LogP contribution is 2.14. The van der Waals surface area contributed by atoms with E-state index in [1.165, 1.54) is 0 Å². The van der Waals surface area contributed by atoms with Gasteiger partial charge in [0.15, 0.2) is 5.96 Å². The summed E-state index contributed by atoms with van der Waals surface area (Å²) in [5.74, 6) is 1.98. The van der Waals surface area contributed by atoms with Gasteiger partial charge in [0.05, 0.1) is 11.6 Å². The number of halogens is 2. The van der Waals surface area contributed by atoms with Crippen molar-refractivity contribution >= 4 is 53.3 Å². The topological polar surface area (TPSA) is 32.6 Å². The van der Waals surface area contributed by atoms with Gasteiger partial charge < -0.3 is 14.8 Å². The van der Waals surface area contributed by atoms with E-state index in [2.05, 4.69) is 21.5 Å². The van der Waals surface area contributed by atoms with E-state index in [1.807, 2.05) is 42.7 Å². The molecule has 4 nitrogen and oxygen atoms in total. The molecule has 0 aliphatic rings. The Morgan fingerprint density at radius 2 is 2.26 bits per heavy atom. The molecule has 1 aromatic heterocycles. The average Bonchev–Trinajstić information content (AvgIpc) is 2.63. The first kappa shape index (κ1) is 18.9. The van der Waals surface area contributed by atoms with Gasteiger partial charge in [-0.25, -0.2) is 0 Å². The lowest BCUT2D eigenvalue weighted by Crippen LogP contribution is -2.39. The summed E-state index contributed by atoms with van der Waals surface area (Å²) in [6.07, 6.45) is 4.01. The van der Waals surface area contributed by atoms with Crippen LogP contribution in [0.2, 0.25) is 5.02 Å². The maximum Gasteiger partial charge on any atom is 0.193 e. The summed E-state index contributed by atoms with van der Waals surface area (Å²) in [5.41, 5.74) is 1.16. The molecule has 0 saturated carbocycles. The molecule has 0 spiro atoms. The largest absolute Gasteiger partial charge is 0.355 e. The molecule has 0 radical (unpaired) electrons. The van der Waals surface area contributed by atoms with Crippen molar-refractivity contribution in [1.82, 2.24) is 14.8 Å². The molecule has 0 saturated heterocycles. The van der Waals surface area contributed by atoms with Crippen molar-refractivity contribution < 1.29 is 0 Å². The third kappa shape index (κ3) is 6.27. The Labute approximate surface area is 142 Å². The van der Waals surface area contributed by atoms with Gasteiger partial charge in [-0.3, -0.25) is 4.99 Å². The summed E-state index contributed by atoms with van der Waals surface area (Å²) in [6.45, 7) is 1.70. The zero-order valence-electron chi connectivity index (χ0n) is 11.8. The van der Waals surface area contributed by atoms with Crippen LogP contribution < -0.4 is 5.32 Å². The minimum absolute atomic E-state index is 0. The molecule has 1 heterocycles. The molecule has 0 aliphatic heterocycles. The van der Waals surface area contributed by atoms with E-state index in [9.17, 15) is 0 Å². The van der Waals surface area contributed by atoms with Gasteiger partial charge in [0.1, 0.15) is 0 Å². The summed E-state index contributed by atoms with van der Waals surface area (Å²) in [4.78, 5) is 6.36. The standard InChI is InChI=1S/C12H21ClN4S.HI/c1-14-12(15-5-6-18-4)17(3)9-11-7-10(13)8-16(11)2;/h7-8H,5-6,9H2,1-4H3,(H,14,15);1H. The maximum absolute atomic E-state index is 5.98. The lowest BCUT2D eigenvalue weighted by Gasteiger charge is -2.22. The molecule has 0 aliphatic carbocycles. The van der Waals surface area contributed by atoms with Crippen LogP contribution in [0.15, 0.2) is 17.3 Å². The second kappa shape index (κ2) is 9.77. The predicted molar refractivity (Wildman–Crippen MR) is 97.0 cm³/mol. The number of aryl methyl sites for hydroxylation is 1. The Kier molecular flexibility index (Phi) is 9.72. The van der Waals surface area contributed by atoms with Gasteiger partial charge in [-0.2, -0.15) is 11.8 Å². The Morgan fingerprint density at radius 3 is 2.74 bits per heavy atom.